The van der Waals surface area contributed by atoms with Crippen LogP contribution in [0.4, 0.5) is 13.2 Å². The van der Waals surface area contributed by atoms with E-state index in [-0.39, 0.29) is 5.75 Å². The van der Waals surface area contributed by atoms with Crippen molar-refractivity contribution in [3.8, 4) is 5.75 Å². The highest BCUT2D eigenvalue weighted by atomic mass is 79.9. The van der Waals surface area contributed by atoms with Crippen molar-refractivity contribution in [1.82, 2.24) is 0 Å². The number of ether oxygens (including phenoxy) is 1. The molecule has 0 radical (unpaired) electrons. The first-order valence-corrected chi connectivity index (χ1v) is 5.72. The monoisotopic (exact) mass is 294 g/mol. The fourth-order valence-corrected chi connectivity index (χ4v) is 1.33. The van der Waals surface area contributed by atoms with Crippen LogP contribution in [-0.4, -0.2) is 11.7 Å². The van der Waals surface area contributed by atoms with Crippen LogP contribution in [0, 0.1) is 0 Å². The molecule has 0 amide bonds. The Hall–Kier alpha value is -0.970. The first kappa shape index (κ1) is 13.1. The maximum absolute atomic E-state index is 11.8. The average molecular weight is 295 g/mol. The number of alkyl halides is 4. The van der Waals surface area contributed by atoms with Gasteiger partial charge in [-0.3, -0.25) is 0 Å². The summed E-state index contributed by atoms with van der Waals surface area (Å²) in [6.07, 6.45) is 0.0289. The van der Waals surface area contributed by atoms with E-state index in [1.54, 1.807) is 12.1 Å². The molecule has 5 heteroatoms. The number of rotatable bonds is 4. The molecule has 0 heterocycles. The van der Waals surface area contributed by atoms with E-state index in [0.29, 0.717) is 0 Å². The summed E-state index contributed by atoms with van der Waals surface area (Å²) in [7, 11) is 0. The molecule has 0 bridgehead atoms. The summed E-state index contributed by atoms with van der Waals surface area (Å²) >= 11 is 3.27. The lowest BCUT2D eigenvalue weighted by molar-refractivity contribution is -0.274. The summed E-state index contributed by atoms with van der Waals surface area (Å²) in [6, 6.07) is 5.74. The second-order valence-electron chi connectivity index (χ2n) is 3.00. The van der Waals surface area contributed by atoms with E-state index in [1.165, 1.54) is 12.1 Å². The molecule has 0 aromatic heterocycles. The third-order valence-corrected chi connectivity index (χ3v) is 2.16. The highest BCUT2D eigenvalue weighted by Gasteiger charge is 2.30. The molecule has 0 fully saturated rings. The van der Waals surface area contributed by atoms with Crippen molar-refractivity contribution >= 4 is 22.0 Å². The molecule has 0 aliphatic carbocycles. The van der Waals surface area contributed by atoms with Gasteiger partial charge in [-0.1, -0.05) is 40.2 Å². The van der Waals surface area contributed by atoms with E-state index in [9.17, 15) is 13.2 Å². The fraction of sp³-hybridized carbons (Fsp3) is 0.273. The smallest absolute Gasteiger partial charge is 0.406 e. The Kier molecular flexibility index (Phi) is 4.86. The highest BCUT2D eigenvalue weighted by molar-refractivity contribution is 9.09. The molecule has 0 unspecified atom stereocenters. The maximum atomic E-state index is 11.8. The van der Waals surface area contributed by atoms with E-state index in [4.69, 9.17) is 0 Å². The summed E-state index contributed by atoms with van der Waals surface area (Å²) in [5, 5.41) is 0.860. The molecule has 0 saturated carbocycles. The van der Waals surface area contributed by atoms with Gasteiger partial charge in [0, 0.05) is 5.33 Å². The van der Waals surface area contributed by atoms with Gasteiger partial charge in [0.2, 0.25) is 0 Å². The quantitative estimate of drug-likeness (QED) is 0.749. The number of hydrogen-bond donors (Lipinski definition) is 0. The number of allylic oxidation sites excluding steroid dienone is 1. The van der Waals surface area contributed by atoms with Gasteiger partial charge in [0.05, 0.1) is 0 Å². The van der Waals surface area contributed by atoms with Crippen LogP contribution in [0.5, 0.6) is 5.75 Å². The molecule has 1 nitrogen and oxygen atoms in total. The normalized spacial score (nSPS) is 12.0. The Labute approximate surface area is 100 Å². The Morgan fingerprint density at radius 1 is 1.19 bits per heavy atom. The van der Waals surface area contributed by atoms with Crippen LogP contribution in [0.3, 0.4) is 0 Å². The van der Waals surface area contributed by atoms with Gasteiger partial charge in [-0.05, 0) is 24.1 Å². The number of hydrogen-bond acceptors (Lipinski definition) is 1. The van der Waals surface area contributed by atoms with E-state index < -0.39 is 6.36 Å². The molecule has 0 atom stereocenters. The topological polar surface area (TPSA) is 9.23 Å². The average Bonchev–Trinajstić information content (AvgIpc) is 2.19. The van der Waals surface area contributed by atoms with Crippen molar-refractivity contribution < 1.29 is 17.9 Å². The van der Waals surface area contributed by atoms with Gasteiger partial charge in [-0.2, -0.15) is 0 Å². The fourth-order valence-electron chi connectivity index (χ4n) is 1.06. The van der Waals surface area contributed by atoms with Crippen LogP contribution in [0.1, 0.15) is 12.0 Å². The predicted octanol–water partition coefficient (Wildman–Crippen LogP) is 4.38. The van der Waals surface area contributed by atoms with Gasteiger partial charge in [0.15, 0.2) is 0 Å². The summed E-state index contributed by atoms with van der Waals surface area (Å²) < 4.78 is 39.3. The van der Waals surface area contributed by atoms with Crippen LogP contribution >= 0.6 is 15.9 Å². The van der Waals surface area contributed by atoms with Crippen molar-refractivity contribution in [2.45, 2.75) is 12.8 Å². The minimum Gasteiger partial charge on any atom is -0.406 e. The van der Waals surface area contributed by atoms with Crippen molar-refractivity contribution in [3.63, 3.8) is 0 Å². The van der Waals surface area contributed by atoms with Crippen LogP contribution in [0.25, 0.3) is 6.08 Å². The second-order valence-corrected chi connectivity index (χ2v) is 3.79. The highest BCUT2D eigenvalue weighted by Crippen LogP contribution is 2.22. The maximum Gasteiger partial charge on any atom is 0.573 e. The molecule has 1 aromatic carbocycles. The zero-order chi connectivity index (χ0) is 12.0. The molecular weight excluding hydrogens is 285 g/mol. The van der Waals surface area contributed by atoms with Crippen LogP contribution in [-0.2, 0) is 0 Å². The first-order chi connectivity index (χ1) is 7.51. The van der Waals surface area contributed by atoms with Gasteiger partial charge >= 0.3 is 6.36 Å². The van der Waals surface area contributed by atoms with Crippen LogP contribution in [0.2, 0.25) is 0 Å². The lowest BCUT2D eigenvalue weighted by Crippen LogP contribution is -2.16. The minimum absolute atomic E-state index is 0.204. The van der Waals surface area contributed by atoms with Crippen molar-refractivity contribution in [1.29, 1.82) is 0 Å². The largest absolute Gasteiger partial charge is 0.573 e. The number of benzene rings is 1. The molecule has 88 valence electrons. The Bertz CT molecular complexity index is 343. The molecule has 0 spiro atoms. The second kappa shape index (κ2) is 5.94. The Balaban J connectivity index is 2.61. The van der Waals surface area contributed by atoms with Gasteiger partial charge in [0.1, 0.15) is 5.75 Å². The lowest BCUT2D eigenvalue weighted by Gasteiger charge is -2.08. The predicted molar refractivity (Wildman–Crippen MR) is 60.6 cm³/mol. The summed E-state index contributed by atoms with van der Waals surface area (Å²) in [5.74, 6) is -0.204. The lowest BCUT2D eigenvalue weighted by atomic mass is 10.2. The summed E-state index contributed by atoms with van der Waals surface area (Å²) in [5.41, 5.74) is 0.843. The summed E-state index contributed by atoms with van der Waals surface area (Å²) in [6.45, 7) is 0. The van der Waals surface area contributed by atoms with Crippen molar-refractivity contribution in [3.05, 3.63) is 35.9 Å². The third kappa shape index (κ3) is 5.21. The molecule has 1 aromatic rings. The van der Waals surface area contributed by atoms with Crippen LogP contribution < -0.4 is 4.74 Å². The Morgan fingerprint density at radius 2 is 1.81 bits per heavy atom. The molecule has 0 aliphatic rings. The van der Waals surface area contributed by atoms with Gasteiger partial charge in [0.25, 0.3) is 0 Å². The molecule has 1 rings (SSSR count). The zero-order valence-electron chi connectivity index (χ0n) is 8.30. The standard InChI is InChI=1S/C11H10BrF3O/c12-8-2-1-3-9-4-6-10(7-5-9)16-11(13,14)15/h1,3-7H,2,8H2. The molecule has 0 N–H and O–H groups in total. The Morgan fingerprint density at radius 3 is 2.31 bits per heavy atom. The molecule has 0 aliphatic heterocycles. The summed E-state index contributed by atoms with van der Waals surface area (Å²) in [4.78, 5) is 0. The van der Waals surface area contributed by atoms with Crippen molar-refractivity contribution in [2.75, 3.05) is 5.33 Å². The van der Waals surface area contributed by atoms with E-state index in [2.05, 4.69) is 20.7 Å². The molecule has 16 heavy (non-hydrogen) atoms. The van der Waals surface area contributed by atoms with Gasteiger partial charge < -0.3 is 4.74 Å². The number of halogens is 4. The van der Waals surface area contributed by atoms with Crippen molar-refractivity contribution in [2.24, 2.45) is 0 Å². The zero-order valence-corrected chi connectivity index (χ0v) is 9.88. The SMILES string of the molecule is FC(F)(F)Oc1ccc(C=CCCBr)cc1. The van der Waals surface area contributed by atoms with Gasteiger partial charge in [-0.25, -0.2) is 0 Å². The minimum atomic E-state index is -4.63. The molecule has 0 saturated heterocycles. The van der Waals surface area contributed by atoms with E-state index in [1.807, 2.05) is 12.2 Å². The van der Waals surface area contributed by atoms with E-state index in [0.717, 1.165) is 17.3 Å². The van der Waals surface area contributed by atoms with Crippen LogP contribution in [0.15, 0.2) is 30.3 Å². The third-order valence-electron chi connectivity index (χ3n) is 1.70. The van der Waals surface area contributed by atoms with E-state index >= 15 is 0 Å². The first-order valence-electron chi connectivity index (χ1n) is 4.59. The molecular formula is C11H10BrF3O. The van der Waals surface area contributed by atoms with Gasteiger partial charge in [-0.15, -0.1) is 13.2 Å².